The molecular formula is C24H31N3O3S2. The average Bonchev–Trinajstić information content (AvgIpc) is 3.08. The maximum absolute atomic E-state index is 13.0. The molecule has 172 valence electrons. The number of piperidine rings is 1. The number of nitrogens with zero attached hydrogens (tertiary/aromatic N) is 2. The van der Waals surface area contributed by atoms with Crippen LogP contribution in [0.25, 0.3) is 10.2 Å². The molecule has 1 saturated heterocycles. The molecule has 0 saturated carbocycles. The van der Waals surface area contributed by atoms with E-state index in [0.29, 0.717) is 10.6 Å². The third-order valence-electron chi connectivity index (χ3n) is 6.16. The summed E-state index contributed by atoms with van der Waals surface area (Å²) in [5.41, 5.74) is 2.87. The fraction of sp³-hybridized carbons (Fsp3) is 0.458. The van der Waals surface area contributed by atoms with E-state index >= 15 is 0 Å². The van der Waals surface area contributed by atoms with Gasteiger partial charge in [0.1, 0.15) is 0 Å². The molecule has 0 radical (unpaired) electrons. The number of fused-ring (bicyclic) bond motifs is 1. The molecule has 0 spiro atoms. The zero-order valence-corrected chi connectivity index (χ0v) is 20.7. The number of aromatic nitrogens is 1. The van der Waals surface area contributed by atoms with Crippen molar-refractivity contribution >= 4 is 37.3 Å². The van der Waals surface area contributed by atoms with E-state index in [1.165, 1.54) is 18.5 Å². The Bertz CT molecular complexity index is 1260. The summed E-state index contributed by atoms with van der Waals surface area (Å²) in [4.78, 5) is 14.8. The topological polar surface area (TPSA) is 71.4 Å². The highest BCUT2D eigenvalue weighted by Gasteiger charge is 2.21. The van der Waals surface area contributed by atoms with Crippen molar-refractivity contribution in [3.63, 3.8) is 0 Å². The molecule has 0 aliphatic carbocycles. The van der Waals surface area contributed by atoms with Crippen molar-refractivity contribution in [2.24, 2.45) is 5.92 Å². The Labute approximate surface area is 193 Å². The normalized spacial score (nSPS) is 18.4. The number of hydrogen-bond donors (Lipinski definition) is 1. The second-order valence-corrected chi connectivity index (χ2v) is 11.8. The van der Waals surface area contributed by atoms with E-state index in [-0.39, 0.29) is 21.9 Å². The van der Waals surface area contributed by atoms with Crippen molar-refractivity contribution < 1.29 is 8.42 Å². The minimum Gasteiger partial charge on any atom is -0.371 e. The van der Waals surface area contributed by atoms with Crippen LogP contribution in [-0.4, -0.2) is 26.1 Å². The monoisotopic (exact) mass is 473 g/mol. The predicted molar refractivity (Wildman–Crippen MR) is 132 cm³/mol. The van der Waals surface area contributed by atoms with E-state index in [1.54, 1.807) is 22.8 Å². The molecule has 1 aromatic heterocycles. The lowest BCUT2D eigenvalue weighted by Gasteiger charge is -2.33. The van der Waals surface area contributed by atoms with Gasteiger partial charge in [0.25, 0.3) is 0 Å². The molecule has 4 rings (SSSR count). The van der Waals surface area contributed by atoms with Crippen molar-refractivity contribution in [3.05, 3.63) is 57.7 Å². The molecule has 0 amide bonds. The van der Waals surface area contributed by atoms with Crippen LogP contribution in [0.3, 0.4) is 0 Å². The lowest BCUT2D eigenvalue weighted by molar-refractivity contribution is 0.447. The van der Waals surface area contributed by atoms with Crippen LogP contribution in [0.1, 0.15) is 58.2 Å². The Hall–Kier alpha value is -2.16. The van der Waals surface area contributed by atoms with Gasteiger partial charge < -0.3 is 4.90 Å². The van der Waals surface area contributed by atoms with Crippen LogP contribution in [0.5, 0.6) is 0 Å². The second-order valence-electron chi connectivity index (χ2n) is 9.09. The van der Waals surface area contributed by atoms with Crippen LogP contribution in [0, 0.1) is 5.92 Å². The Morgan fingerprint density at radius 2 is 1.81 bits per heavy atom. The number of nitrogens with one attached hydrogen (secondary N) is 1. The van der Waals surface area contributed by atoms with Crippen molar-refractivity contribution in [2.75, 3.05) is 18.0 Å². The van der Waals surface area contributed by atoms with Crippen molar-refractivity contribution in [3.8, 4) is 0 Å². The summed E-state index contributed by atoms with van der Waals surface area (Å²) in [5, 5.41) is 0. The Morgan fingerprint density at radius 1 is 1.09 bits per heavy atom. The van der Waals surface area contributed by atoms with Crippen molar-refractivity contribution in [2.45, 2.75) is 57.5 Å². The van der Waals surface area contributed by atoms with Crippen LogP contribution in [0.2, 0.25) is 0 Å². The Balaban J connectivity index is 1.52. The minimum absolute atomic E-state index is 0.0213. The number of rotatable bonds is 6. The number of sulfonamides is 1. The van der Waals surface area contributed by atoms with Gasteiger partial charge in [0.15, 0.2) is 0 Å². The average molecular weight is 474 g/mol. The first-order valence-corrected chi connectivity index (χ1v) is 13.5. The van der Waals surface area contributed by atoms with Crippen molar-refractivity contribution in [1.29, 1.82) is 0 Å². The van der Waals surface area contributed by atoms with Gasteiger partial charge in [-0.1, -0.05) is 30.4 Å². The molecule has 2 aromatic carbocycles. The first-order chi connectivity index (χ1) is 15.2. The first-order valence-electron chi connectivity index (χ1n) is 11.2. The summed E-state index contributed by atoms with van der Waals surface area (Å²) in [6, 6.07) is 12.7. The van der Waals surface area contributed by atoms with E-state index < -0.39 is 10.0 Å². The van der Waals surface area contributed by atoms with E-state index in [2.05, 4.69) is 28.7 Å². The molecule has 1 aliphatic rings. The van der Waals surface area contributed by atoms with Crippen LogP contribution >= 0.6 is 11.3 Å². The van der Waals surface area contributed by atoms with Gasteiger partial charge in [-0.05, 0) is 75.4 Å². The number of anilines is 1. The molecule has 8 heteroatoms. The summed E-state index contributed by atoms with van der Waals surface area (Å²) < 4.78 is 31.2. The molecule has 0 bridgehead atoms. The molecule has 6 nitrogen and oxygen atoms in total. The zero-order valence-electron chi connectivity index (χ0n) is 19.0. The highest BCUT2D eigenvalue weighted by Crippen LogP contribution is 2.27. The lowest BCUT2D eigenvalue weighted by Crippen LogP contribution is -2.34. The van der Waals surface area contributed by atoms with Crippen LogP contribution in [0.15, 0.2) is 52.2 Å². The lowest BCUT2D eigenvalue weighted by atomic mass is 9.99. The first kappa shape index (κ1) is 23.0. The molecule has 1 fully saturated rings. The molecule has 1 aliphatic heterocycles. The maximum atomic E-state index is 13.0. The summed E-state index contributed by atoms with van der Waals surface area (Å²) in [5.74, 6) is 0.697. The summed E-state index contributed by atoms with van der Waals surface area (Å²) >= 11 is 1.08. The van der Waals surface area contributed by atoms with Gasteiger partial charge in [-0.2, -0.15) is 0 Å². The molecular weight excluding hydrogens is 442 g/mol. The smallest absolute Gasteiger partial charge is 0.308 e. The number of benzene rings is 2. The Morgan fingerprint density at radius 3 is 2.47 bits per heavy atom. The van der Waals surface area contributed by atoms with Gasteiger partial charge in [-0.3, -0.25) is 9.36 Å². The molecule has 2 unspecified atom stereocenters. The predicted octanol–water partition coefficient (Wildman–Crippen LogP) is 4.92. The van der Waals surface area contributed by atoms with Gasteiger partial charge in [-0.15, -0.1) is 0 Å². The molecule has 2 heterocycles. The molecule has 1 N–H and O–H groups in total. The van der Waals surface area contributed by atoms with Gasteiger partial charge in [0.05, 0.1) is 15.1 Å². The zero-order chi connectivity index (χ0) is 23.0. The fourth-order valence-corrected chi connectivity index (χ4v) is 6.82. The summed E-state index contributed by atoms with van der Waals surface area (Å²) in [7, 11) is -3.73. The number of hydrogen-bond acceptors (Lipinski definition) is 5. The number of thiazole rings is 1. The highest BCUT2D eigenvalue weighted by molar-refractivity contribution is 7.89. The van der Waals surface area contributed by atoms with Crippen LogP contribution in [0.4, 0.5) is 5.69 Å². The van der Waals surface area contributed by atoms with Gasteiger partial charge in [0.2, 0.25) is 10.0 Å². The van der Waals surface area contributed by atoms with Gasteiger partial charge in [0, 0.05) is 30.9 Å². The maximum Gasteiger partial charge on any atom is 0.308 e. The third kappa shape index (κ3) is 4.63. The molecule has 3 aromatic rings. The van der Waals surface area contributed by atoms with E-state index in [0.717, 1.165) is 35.5 Å². The van der Waals surface area contributed by atoms with Gasteiger partial charge in [-0.25, -0.2) is 13.1 Å². The second kappa shape index (κ2) is 9.00. The summed E-state index contributed by atoms with van der Waals surface area (Å²) in [6.07, 6.45) is 2.48. The largest absolute Gasteiger partial charge is 0.371 e. The van der Waals surface area contributed by atoms with E-state index in [1.807, 2.05) is 32.9 Å². The van der Waals surface area contributed by atoms with E-state index in [9.17, 15) is 13.2 Å². The minimum atomic E-state index is -3.73. The third-order valence-corrected chi connectivity index (χ3v) is 8.62. The van der Waals surface area contributed by atoms with E-state index in [4.69, 9.17) is 0 Å². The molecule has 2 atom stereocenters. The Kier molecular flexibility index (Phi) is 6.47. The summed E-state index contributed by atoms with van der Waals surface area (Å²) in [6.45, 7) is 10.2. The SMILES string of the molecule is CC1CCCN(c2ccc(C(C)NS(=O)(=O)c3ccc4c(c3)sc(=O)n4C(C)C)cc2)C1. The molecule has 32 heavy (non-hydrogen) atoms. The standard InChI is InChI=1S/C24H31N3O3S2/c1-16(2)27-22-12-11-21(14-23(22)31-24(27)28)32(29,30)25-18(4)19-7-9-20(10-8-19)26-13-5-6-17(3)15-26/h7-12,14,16-18,25H,5-6,13,15H2,1-4H3. The fourth-order valence-electron chi connectivity index (χ4n) is 4.44. The van der Waals surface area contributed by atoms with Gasteiger partial charge >= 0.3 is 4.87 Å². The van der Waals surface area contributed by atoms with Crippen LogP contribution < -0.4 is 14.5 Å². The quantitative estimate of drug-likeness (QED) is 0.552. The highest BCUT2D eigenvalue weighted by atomic mass is 32.2. The van der Waals surface area contributed by atoms with Crippen LogP contribution in [-0.2, 0) is 10.0 Å². The van der Waals surface area contributed by atoms with Crippen molar-refractivity contribution in [1.82, 2.24) is 9.29 Å².